The van der Waals surface area contributed by atoms with E-state index in [1.165, 1.54) is 50.2 Å². The molecule has 6 aromatic rings. The van der Waals surface area contributed by atoms with E-state index >= 15 is 0 Å². The van der Waals surface area contributed by atoms with E-state index in [4.69, 9.17) is 0 Å². The normalized spacial score (nSPS) is 13.6. The highest BCUT2D eigenvalue weighted by Gasteiger charge is 2.43. The molecule has 0 saturated heterocycles. The second-order valence-corrected chi connectivity index (χ2v) is 19.2. The first-order valence-corrected chi connectivity index (χ1v) is 21.8. The van der Waals surface area contributed by atoms with Gasteiger partial charge in [-0.15, -0.1) is 20.4 Å². The second-order valence-electron chi connectivity index (χ2n) is 11.9. The van der Waals surface area contributed by atoms with Gasteiger partial charge < -0.3 is 0 Å². The Morgan fingerprint density at radius 3 is 1.18 bits per heavy atom. The molecule has 2 aromatic heterocycles. The molecule has 0 aliphatic heterocycles. The maximum Gasteiger partial charge on any atom is 0.362 e. The molecule has 0 unspecified atom stereocenters. The average Bonchev–Trinajstić information content (AvgIpc) is 3.77. The predicted molar refractivity (Wildman–Crippen MR) is 196 cm³/mol. The number of quaternary nitrogens is 2. The van der Waals surface area contributed by atoms with Gasteiger partial charge in [0.15, 0.2) is 0 Å². The third-order valence-corrected chi connectivity index (χ3v) is 13.6. The van der Waals surface area contributed by atoms with Gasteiger partial charge in [0, 0.05) is 24.3 Å². The molecule has 2 heterocycles. The summed E-state index contributed by atoms with van der Waals surface area (Å²) in [6, 6.07) is 13.8. The molecule has 22 nitrogen and oxygen atoms in total. The standard InChI is InChI=1S/C30H28N8O14S4/c1-3-53(43,44)37(39,40)23-11-13-25-27(17-23)33-35(31-25)21-9-7-19(29(15-21)55(47,48)49)5-6-20-8-10-22(16-30(20)56(50,51)52)36-32-26-14-12-24(18-28(26)34-36)38(41,42)54(45,46)4-2/h5-18,39-42H,3-4H2,1-2H3/p+2. The maximum atomic E-state index is 12.5. The van der Waals surface area contributed by atoms with Crippen LogP contribution in [0.2, 0.25) is 0 Å². The third kappa shape index (κ3) is 7.31. The van der Waals surface area contributed by atoms with Crippen molar-refractivity contribution in [3.63, 3.8) is 0 Å². The first kappa shape index (κ1) is 40.6. The molecule has 0 saturated carbocycles. The first-order chi connectivity index (χ1) is 25.9. The van der Waals surface area contributed by atoms with Gasteiger partial charge in [0.25, 0.3) is 20.2 Å². The molecule has 0 spiro atoms. The Morgan fingerprint density at radius 2 is 0.857 bits per heavy atom. The second kappa shape index (κ2) is 13.8. The van der Waals surface area contributed by atoms with Crippen LogP contribution in [0.1, 0.15) is 25.0 Å². The summed E-state index contributed by atoms with van der Waals surface area (Å²) in [5.74, 6) is -1.21. The van der Waals surface area contributed by atoms with Crippen molar-refractivity contribution in [2.45, 2.75) is 23.6 Å². The number of benzene rings is 4. The fourth-order valence-corrected chi connectivity index (χ4v) is 8.27. The highest BCUT2D eigenvalue weighted by atomic mass is 32.2. The fraction of sp³-hybridized carbons (Fsp3) is 0.133. The minimum atomic E-state index is -4.97. The summed E-state index contributed by atoms with van der Waals surface area (Å²) < 4.78 is 114. The van der Waals surface area contributed by atoms with E-state index in [1.807, 2.05) is 0 Å². The van der Waals surface area contributed by atoms with E-state index in [0.717, 1.165) is 58.1 Å². The number of fused-ring (bicyclic) bond motifs is 2. The SMILES string of the molecule is CCS(=O)(=O)[N+](O)(O)c1ccc2nn(-c3ccc(C=Cc4ccc(-n5nc6ccc([N+](O)(O)S(=O)(=O)CC)cc6n5)cc4S(=O)(=O)O)c(S(=O)(=O)O)c3)nc2c1. The number of hydrogen-bond acceptors (Lipinski definition) is 16. The quantitative estimate of drug-likeness (QED) is 0.0446. The highest BCUT2D eigenvalue weighted by Crippen LogP contribution is 2.30. The lowest BCUT2D eigenvalue weighted by atomic mass is 10.1. The minimum absolute atomic E-state index is 0.0137. The van der Waals surface area contributed by atoms with Crippen LogP contribution < -0.4 is 8.43 Å². The van der Waals surface area contributed by atoms with Crippen LogP contribution in [0.25, 0.3) is 45.6 Å². The van der Waals surface area contributed by atoms with Crippen molar-refractivity contribution in [1.82, 2.24) is 38.4 Å². The molecule has 0 aliphatic rings. The zero-order valence-corrected chi connectivity index (χ0v) is 31.9. The van der Waals surface area contributed by atoms with Gasteiger partial charge in [0.2, 0.25) is 11.4 Å². The molecule has 0 fully saturated rings. The Balaban J connectivity index is 1.35. The van der Waals surface area contributed by atoms with Crippen molar-refractivity contribution in [3.8, 4) is 11.4 Å². The molecule has 0 amide bonds. The van der Waals surface area contributed by atoms with Crippen molar-refractivity contribution in [2.75, 3.05) is 11.5 Å². The lowest BCUT2D eigenvalue weighted by Gasteiger charge is -2.18. The number of rotatable bonds is 12. The van der Waals surface area contributed by atoms with Crippen molar-refractivity contribution < 1.29 is 63.6 Å². The molecular weight excluding hydrogens is 825 g/mol. The summed E-state index contributed by atoms with van der Waals surface area (Å²) in [6.07, 6.45) is 2.26. The molecule has 0 radical (unpaired) electrons. The maximum absolute atomic E-state index is 12.5. The molecule has 26 heteroatoms. The van der Waals surface area contributed by atoms with E-state index in [9.17, 15) is 63.6 Å². The van der Waals surface area contributed by atoms with E-state index in [0.29, 0.717) is 0 Å². The van der Waals surface area contributed by atoms with Gasteiger partial charge in [-0.2, -0.15) is 64.1 Å². The van der Waals surface area contributed by atoms with E-state index < -0.39 is 81.4 Å². The van der Waals surface area contributed by atoms with Gasteiger partial charge in [-0.25, -0.2) is 0 Å². The number of aromatic nitrogens is 6. The largest absolute Gasteiger partial charge is 0.362 e. The third-order valence-electron chi connectivity index (χ3n) is 8.36. The van der Waals surface area contributed by atoms with E-state index in [2.05, 4.69) is 20.4 Å². The van der Waals surface area contributed by atoms with Gasteiger partial charge in [-0.1, -0.05) is 24.3 Å². The van der Waals surface area contributed by atoms with Gasteiger partial charge in [-0.3, -0.25) is 9.11 Å². The molecule has 296 valence electrons. The van der Waals surface area contributed by atoms with Crippen molar-refractivity contribution >= 4 is 85.9 Å². The molecule has 0 bridgehead atoms. The molecular formula is C30H30N8O14S4+2. The monoisotopic (exact) mass is 854 g/mol. The number of nitrogens with zero attached hydrogens (tertiary/aromatic N) is 8. The van der Waals surface area contributed by atoms with Gasteiger partial charge in [0.1, 0.15) is 43.4 Å². The molecule has 6 rings (SSSR count). The van der Waals surface area contributed by atoms with Crippen LogP contribution in [0.15, 0.2) is 82.6 Å². The van der Waals surface area contributed by atoms with E-state index in [-0.39, 0.29) is 44.6 Å². The summed E-state index contributed by atoms with van der Waals surface area (Å²) >= 11 is 0. The molecule has 56 heavy (non-hydrogen) atoms. The van der Waals surface area contributed by atoms with Crippen LogP contribution in [0.5, 0.6) is 0 Å². The van der Waals surface area contributed by atoms with Crippen LogP contribution in [0.3, 0.4) is 0 Å². The highest BCUT2D eigenvalue weighted by molar-refractivity contribution is 7.90. The van der Waals surface area contributed by atoms with Crippen LogP contribution in [0, 0.1) is 0 Å². The summed E-state index contributed by atoms with van der Waals surface area (Å²) in [5.41, 5.74) is -1.06. The Kier molecular flexibility index (Phi) is 10.0. The summed E-state index contributed by atoms with van der Waals surface area (Å²) in [4.78, 5) is 0.516. The Hall–Kier alpha value is -5.10. The number of sulfonamides is 2. The Bertz CT molecular complexity index is 2850. The van der Waals surface area contributed by atoms with Crippen molar-refractivity contribution in [2.24, 2.45) is 0 Å². The molecule has 4 aromatic carbocycles. The Labute approximate surface area is 317 Å². The van der Waals surface area contributed by atoms with Gasteiger partial charge >= 0.3 is 20.0 Å². The summed E-state index contributed by atoms with van der Waals surface area (Å²) in [7, 11) is -18.8. The van der Waals surface area contributed by atoms with E-state index in [1.54, 1.807) is 0 Å². The topological polar surface area (TPSA) is 319 Å². The van der Waals surface area contributed by atoms with Crippen LogP contribution in [-0.4, -0.2) is 105 Å². The smallest absolute Gasteiger partial charge is 0.282 e. The van der Waals surface area contributed by atoms with Gasteiger partial charge in [0.05, 0.1) is 19.8 Å². The zero-order chi connectivity index (χ0) is 41.2. The zero-order valence-electron chi connectivity index (χ0n) is 28.7. The fourth-order valence-electron chi connectivity index (χ4n) is 5.28. The minimum Gasteiger partial charge on any atom is -0.282 e. The molecule has 0 aliphatic carbocycles. The summed E-state index contributed by atoms with van der Waals surface area (Å²) in [6.45, 7) is 2.43. The van der Waals surface area contributed by atoms with Gasteiger partial charge in [-0.05, 0) is 61.4 Å². The Morgan fingerprint density at radius 1 is 0.518 bits per heavy atom. The van der Waals surface area contributed by atoms with Crippen molar-refractivity contribution in [1.29, 1.82) is 0 Å². The lowest BCUT2D eigenvalue weighted by Crippen LogP contribution is -2.48. The van der Waals surface area contributed by atoms with Crippen molar-refractivity contribution in [3.05, 3.63) is 83.9 Å². The number of hydrogen-bond donors (Lipinski definition) is 6. The first-order valence-electron chi connectivity index (χ1n) is 15.7. The van der Waals surface area contributed by atoms with Crippen LogP contribution in [-0.2, 0) is 40.3 Å². The van der Waals surface area contributed by atoms with Crippen LogP contribution >= 0.6 is 0 Å². The molecule has 0 atom stereocenters. The van der Waals surface area contributed by atoms with Crippen LogP contribution in [0.4, 0.5) is 11.4 Å². The lowest BCUT2D eigenvalue weighted by molar-refractivity contribution is -0.213. The average molecular weight is 855 g/mol. The predicted octanol–water partition coefficient (Wildman–Crippen LogP) is 2.69. The molecule has 6 N–H and O–H groups in total. The summed E-state index contributed by atoms with van der Waals surface area (Å²) in [5, 5.41) is 57.7.